The van der Waals surface area contributed by atoms with Crippen molar-refractivity contribution in [3.05, 3.63) is 46.0 Å². The Morgan fingerprint density at radius 1 is 1.25 bits per heavy atom. The van der Waals surface area contributed by atoms with Crippen molar-refractivity contribution in [2.24, 2.45) is 5.92 Å². The minimum absolute atomic E-state index is 0.100. The molecule has 0 unspecified atom stereocenters. The van der Waals surface area contributed by atoms with Crippen molar-refractivity contribution in [3.8, 4) is 0 Å². The molecule has 5 nitrogen and oxygen atoms in total. The number of amides is 1. The van der Waals surface area contributed by atoms with Gasteiger partial charge in [-0.1, -0.05) is 6.07 Å². The predicted octanol–water partition coefficient (Wildman–Crippen LogP) is 1.83. The first-order chi connectivity index (χ1) is 11.5. The van der Waals surface area contributed by atoms with Gasteiger partial charge in [-0.25, -0.2) is 4.39 Å². The third-order valence-electron chi connectivity index (χ3n) is 5.25. The number of hydrogen-bond donors (Lipinski definition) is 1. The number of likely N-dealkylation sites (N-methyl/N-ethyl adjacent to an activating group) is 1. The lowest BCUT2D eigenvalue weighted by molar-refractivity contribution is 0.0585. The quantitative estimate of drug-likeness (QED) is 0.868. The van der Waals surface area contributed by atoms with E-state index in [4.69, 9.17) is 0 Å². The highest BCUT2D eigenvalue weighted by Crippen LogP contribution is 2.28. The molecule has 0 radical (unpaired) electrons. The predicted molar refractivity (Wildman–Crippen MR) is 89.6 cm³/mol. The summed E-state index contributed by atoms with van der Waals surface area (Å²) in [5.74, 6) is -0.277. The third-order valence-corrected chi connectivity index (χ3v) is 5.25. The lowest BCUT2D eigenvalue weighted by Gasteiger charge is -2.36. The van der Waals surface area contributed by atoms with Gasteiger partial charge in [0.1, 0.15) is 11.4 Å². The maximum absolute atomic E-state index is 13.8. The molecule has 1 amide bonds. The monoisotopic (exact) mass is 329 g/mol. The van der Waals surface area contributed by atoms with Crippen LogP contribution in [0.4, 0.5) is 4.39 Å². The number of hydrogen-bond acceptors (Lipinski definition) is 3. The summed E-state index contributed by atoms with van der Waals surface area (Å²) in [4.78, 5) is 32.6. The lowest BCUT2D eigenvalue weighted by atomic mass is 9.94. The first-order valence-corrected chi connectivity index (χ1v) is 8.34. The fourth-order valence-corrected chi connectivity index (χ4v) is 4.09. The summed E-state index contributed by atoms with van der Waals surface area (Å²) in [6.07, 6.45) is 3.46. The van der Waals surface area contributed by atoms with Gasteiger partial charge in [0, 0.05) is 37.3 Å². The van der Waals surface area contributed by atoms with Crippen molar-refractivity contribution in [1.29, 1.82) is 0 Å². The van der Waals surface area contributed by atoms with Gasteiger partial charge < -0.3 is 14.8 Å². The topological polar surface area (TPSA) is 56.4 Å². The van der Waals surface area contributed by atoms with Crippen molar-refractivity contribution in [2.75, 3.05) is 26.7 Å². The van der Waals surface area contributed by atoms with Crippen LogP contribution in [0.2, 0.25) is 0 Å². The number of carbonyl (C=O) groups is 1. The van der Waals surface area contributed by atoms with E-state index >= 15 is 0 Å². The van der Waals surface area contributed by atoms with Crippen LogP contribution in [0.3, 0.4) is 0 Å². The van der Waals surface area contributed by atoms with Crippen LogP contribution < -0.4 is 5.43 Å². The highest BCUT2D eigenvalue weighted by molar-refractivity contribution is 5.97. The van der Waals surface area contributed by atoms with Gasteiger partial charge >= 0.3 is 0 Å². The number of rotatable bonds is 1. The Bertz CT molecular complexity index is 863. The van der Waals surface area contributed by atoms with Crippen LogP contribution in [0.15, 0.2) is 29.2 Å². The number of fused-ring (bicyclic) bond motifs is 5. The molecule has 3 fully saturated rings. The summed E-state index contributed by atoms with van der Waals surface area (Å²) in [7, 11) is 2.07. The zero-order valence-electron chi connectivity index (χ0n) is 13.6. The van der Waals surface area contributed by atoms with Crippen molar-refractivity contribution in [2.45, 2.75) is 18.9 Å². The van der Waals surface area contributed by atoms with Crippen LogP contribution in [-0.2, 0) is 0 Å². The van der Waals surface area contributed by atoms with E-state index in [-0.39, 0.29) is 28.4 Å². The summed E-state index contributed by atoms with van der Waals surface area (Å²) in [5.41, 5.74) is -0.152. The largest absolute Gasteiger partial charge is 0.358 e. The third kappa shape index (κ3) is 2.41. The van der Waals surface area contributed by atoms with Crippen LogP contribution >= 0.6 is 0 Å². The number of aromatic amines is 1. The molecule has 1 aromatic heterocycles. The van der Waals surface area contributed by atoms with Crippen molar-refractivity contribution in [1.82, 2.24) is 14.8 Å². The maximum Gasteiger partial charge on any atom is 0.259 e. The summed E-state index contributed by atoms with van der Waals surface area (Å²) >= 11 is 0. The molecule has 0 saturated carbocycles. The molecule has 5 rings (SSSR count). The van der Waals surface area contributed by atoms with Crippen molar-refractivity contribution in [3.63, 3.8) is 0 Å². The Morgan fingerprint density at radius 3 is 2.92 bits per heavy atom. The van der Waals surface area contributed by atoms with Gasteiger partial charge in [0.05, 0.1) is 5.52 Å². The second-order valence-electron chi connectivity index (χ2n) is 6.97. The van der Waals surface area contributed by atoms with Gasteiger partial charge in [-0.05, 0) is 37.9 Å². The molecule has 2 atom stereocenters. The number of halogens is 1. The fraction of sp³-hybridized carbons (Fsp3) is 0.444. The average Bonchev–Trinajstić information content (AvgIpc) is 2.84. The van der Waals surface area contributed by atoms with E-state index in [1.54, 1.807) is 6.07 Å². The Balaban J connectivity index is 1.74. The van der Waals surface area contributed by atoms with E-state index in [2.05, 4.69) is 16.9 Å². The van der Waals surface area contributed by atoms with Crippen molar-refractivity contribution < 1.29 is 9.18 Å². The molecule has 2 bridgehead atoms. The van der Waals surface area contributed by atoms with E-state index in [1.807, 2.05) is 4.90 Å². The molecule has 126 valence electrons. The Hall–Kier alpha value is -2.21. The molecule has 1 aromatic carbocycles. The molecule has 1 N–H and O–H groups in total. The fourth-order valence-electron chi connectivity index (χ4n) is 4.09. The average molecular weight is 329 g/mol. The van der Waals surface area contributed by atoms with E-state index in [1.165, 1.54) is 18.3 Å². The van der Waals surface area contributed by atoms with E-state index < -0.39 is 11.2 Å². The normalized spacial score (nSPS) is 24.3. The van der Waals surface area contributed by atoms with Crippen LogP contribution in [0.25, 0.3) is 10.9 Å². The number of piperidine rings is 1. The molecular weight excluding hydrogens is 309 g/mol. The number of nitrogens with zero attached hydrogens (tertiary/aromatic N) is 2. The molecular formula is C18H20FN3O2. The Kier molecular flexibility index (Phi) is 3.64. The molecule has 3 saturated heterocycles. The number of pyridine rings is 1. The molecule has 2 aromatic rings. The first-order valence-electron chi connectivity index (χ1n) is 8.34. The van der Waals surface area contributed by atoms with Gasteiger partial charge in [0.15, 0.2) is 0 Å². The minimum atomic E-state index is -0.487. The number of carbonyl (C=O) groups excluding carboxylic acids is 1. The van der Waals surface area contributed by atoms with Crippen LogP contribution in [0.1, 0.15) is 23.2 Å². The Labute approximate surface area is 139 Å². The van der Waals surface area contributed by atoms with E-state index in [0.717, 1.165) is 25.9 Å². The van der Waals surface area contributed by atoms with Crippen molar-refractivity contribution >= 4 is 16.8 Å². The second kappa shape index (κ2) is 5.70. The van der Waals surface area contributed by atoms with Crippen LogP contribution in [0, 0.1) is 11.7 Å². The molecule has 4 heterocycles. The second-order valence-corrected chi connectivity index (χ2v) is 6.97. The van der Waals surface area contributed by atoms with Gasteiger partial charge in [-0.3, -0.25) is 9.59 Å². The van der Waals surface area contributed by atoms with E-state index in [9.17, 15) is 14.0 Å². The standard InChI is InChI=1S/C18H20FN3O2/c1-21-8-11-5-6-12(10-21)22(9-11)18(24)14-7-20-16-13(17(14)23)3-2-4-15(16)19/h2-4,7,11-12H,5-6,8-10H2,1H3,(H,20,23)/t11-,12+/m0/s1. The van der Waals surface area contributed by atoms with Gasteiger partial charge in [-0.15, -0.1) is 0 Å². The van der Waals surface area contributed by atoms with Gasteiger partial charge in [0.2, 0.25) is 5.43 Å². The number of para-hydroxylation sites is 1. The molecule has 24 heavy (non-hydrogen) atoms. The first kappa shape index (κ1) is 15.3. The Morgan fingerprint density at radius 2 is 2.08 bits per heavy atom. The maximum atomic E-state index is 13.8. The number of benzene rings is 1. The van der Waals surface area contributed by atoms with E-state index in [0.29, 0.717) is 12.5 Å². The SMILES string of the molecule is CN1C[C@@H]2CC[C@H](C1)N(C(=O)c1c[nH]c3c(F)cccc3c1=O)C2. The molecule has 3 aliphatic heterocycles. The smallest absolute Gasteiger partial charge is 0.259 e. The molecule has 6 heteroatoms. The lowest BCUT2D eigenvalue weighted by Crippen LogP contribution is -2.48. The van der Waals surface area contributed by atoms with Gasteiger partial charge in [0.25, 0.3) is 5.91 Å². The summed E-state index contributed by atoms with van der Waals surface area (Å²) in [5, 5.41) is 0.220. The molecule has 0 aliphatic carbocycles. The number of H-pyrrole nitrogens is 1. The minimum Gasteiger partial charge on any atom is -0.358 e. The van der Waals surface area contributed by atoms with Gasteiger partial charge in [-0.2, -0.15) is 0 Å². The highest BCUT2D eigenvalue weighted by Gasteiger charge is 2.37. The zero-order chi connectivity index (χ0) is 16.8. The van der Waals surface area contributed by atoms with Crippen LogP contribution in [-0.4, -0.2) is 53.4 Å². The molecule has 3 aliphatic rings. The van der Waals surface area contributed by atoms with Crippen LogP contribution in [0.5, 0.6) is 0 Å². The number of aromatic nitrogens is 1. The summed E-state index contributed by atoms with van der Waals surface area (Å²) < 4.78 is 13.8. The zero-order valence-corrected chi connectivity index (χ0v) is 13.6. The molecule has 0 spiro atoms. The highest BCUT2D eigenvalue weighted by atomic mass is 19.1. The summed E-state index contributed by atoms with van der Waals surface area (Å²) in [6.45, 7) is 2.51. The summed E-state index contributed by atoms with van der Waals surface area (Å²) in [6, 6.07) is 4.48. The number of nitrogens with one attached hydrogen (secondary N) is 1.